The topological polar surface area (TPSA) is 176 Å². The summed E-state index contributed by atoms with van der Waals surface area (Å²) in [6.45, 7) is 14.4. The number of benzene rings is 3. The summed E-state index contributed by atoms with van der Waals surface area (Å²) in [5, 5.41) is 14.8. The molecule has 378 valence electrons. The van der Waals surface area contributed by atoms with Crippen LogP contribution >= 0.6 is 0 Å². The van der Waals surface area contributed by atoms with E-state index in [1.54, 1.807) is 59.6 Å². The van der Waals surface area contributed by atoms with Crippen molar-refractivity contribution in [3.05, 3.63) is 139 Å². The van der Waals surface area contributed by atoms with Crippen LogP contribution < -0.4 is 11.4 Å². The second-order valence-electron chi connectivity index (χ2n) is 21.7. The standard InChI is InChI=1S/C54H57F2N11O6/c1-29-20-37(21-30(2)45(29)55)67-47(64-18-17-63(51(64)71)42-13-12-41-38(46(42)56)27-57-61(41)8)44-32(4)65(53(26-39(44)59-67)15-9-16-62(28-53)33(5)68)48(69)43-23-36-22-34(35-14-19-72-52(6,7)25-35)10-11-40(36)66(43)54(24-31(54)3)49-58-50(70)73-60-49/h10-13,17-18,20-23,27,31-32,35H,9,14-16,19,24-26,28H2,1-8H3,(H,58,60,70)/t31-,32-,35-,53?,54-/m0/s1. The van der Waals surface area contributed by atoms with Gasteiger partial charge in [0.15, 0.2) is 11.6 Å². The Morgan fingerprint density at radius 1 is 0.932 bits per heavy atom. The Bertz CT molecular complexity index is 3720. The molecule has 2 saturated heterocycles. The van der Waals surface area contributed by atoms with E-state index in [-0.39, 0.29) is 59.1 Å². The van der Waals surface area contributed by atoms with E-state index in [2.05, 4.69) is 54.2 Å². The summed E-state index contributed by atoms with van der Waals surface area (Å²) in [5.74, 6) is -1.40. The van der Waals surface area contributed by atoms with Crippen LogP contribution in [-0.2, 0) is 28.5 Å². The molecule has 17 nitrogen and oxygen atoms in total. The van der Waals surface area contributed by atoms with Crippen LogP contribution in [0.4, 0.5) is 8.78 Å². The van der Waals surface area contributed by atoms with Crippen LogP contribution in [0.15, 0.2) is 81.2 Å². The maximum Gasteiger partial charge on any atom is 0.438 e. The Kier molecular flexibility index (Phi) is 10.4. The number of nitrogens with one attached hydrogen (secondary N) is 1. The fraction of sp³-hybridized carbons (Fsp3) is 0.426. The van der Waals surface area contributed by atoms with E-state index in [0.717, 1.165) is 29.3 Å². The van der Waals surface area contributed by atoms with E-state index < -0.39 is 34.4 Å². The molecule has 1 N–H and O–H groups in total. The molecule has 5 aromatic heterocycles. The number of hydrogen-bond acceptors (Lipinski definition) is 9. The fourth-order valence-corrected chi connectivity index (χ4v) is 12.9. The first kappa shape index (κ1) is 46.6. The highest BCUT2D eigenvalue weighted by Gasteiger charge is 2.60. The molecule has 3 aromatic carbocycles. The molecule has 1 spiro atoms. The van der Waals surface area contributed by atoms with Crippen molar-refractivity contribution in [1.82, 2.24) is 53.2 Å². The van der Waals surface area contributed by atoms with Crippen LogP contribution in [0.5, 0.6) is 0 Å². The molecule has 1 unspecified atom stereocenters. The lowest BCUT2D eigenvalue weighted by Crippen LogP contribution is -2.64. The summed E-state index contributed by atoms with van der Waals surface area (Å²) < 4.78 is 50.9. The molecule has 5 atom stereocenters. The molecule has 12 rings (SSSR count). The minimum atomic E-state index is -0.998. The van der Waals surface area contributed by atoms with Crippen LogP contribution in [0, 0.1) is 31.4 Å². The number of aromatic nitrogens is 9. The second kappa shape index (κ2) is 16.3. The number of ether oxygens (including phenoxy) is 1. The van der Waals surface area contributed by atoms with Gasteiger partial charge in [-0.3, -0.25) is 32.9 Å². The largest absolute Gasteiger partial charge is 0.438 e. The van der Waals surface area contributed by atoms with E-state index in [9.17, 15) is 9.59 Å². The summed E-state index contributed by atoms with van der Waals surface area (Å²) in [4.78, 5) is 64.2. The van der Waals surface area contributed by atoms with Gasteiger partial charge < -0.3 is 19.1 Å². The van der Waals surface area contributed by atoms with Crippen molar-refractivity contribution in [2.75, 3.05) is 19.7 Å². The molecular weight excluding hydrogens is 937 g/mol. The first-order chi connectivity index (χ1) is 34.8. The third kappa shape index (κ3) is 7.04. The average Bonchev–Trinajstić information content (AvgIpc) is 3.99. The number of amides is 2. The number of carbonyl (C=O) groups is 2. The third-order valence-electron chi connectivity index (χ3n) is 16.5. The fourth-order valence-electron chi connectivity index (χ4n) is 12.9. The molecule has 4 aliphatic rings. The van der Waals surface area contributed by atoms with Gasteiger partial charge in [0.1, 0.15) is 22.9 Å². The molecule has 3 fully saturated rings. The van der Waals surface area contributed by atoms with Gasteiger partial charge in [-0.15, -0.1) is 0 Å². The lowest BCUT2D eigenvalue weighted by Gasteiger charge is -2.54. The van der Waals surface area contributed by atoms with Gasteiger partial charge in [-0.1, -0.05) is 18.1 Å². The zero-order chi connectivity index (χ0) is 51.2. The number of hydrogen-bond donors (Lipinski definition) is 1. The van der Waals surface area contributed by atoms with E-state index in [1.807, 2.05) is 22.5 Å². The molecule has 2 amide bonds. The summed E-state index contributed by atoms with van der Waals surface area (Å²) in [5.41, 5.74) is 2.34. The van der Waals surface area contributed by atoms with Gasteiger partial charge in [0, 0.05) is 68.9 Å². The number of rotatable bonds is 7. The van der Waals surface area contributed by atoms with Crippen molar-refractivity contribution in [2.24, 2.45) is 13.0 Å². The lowest BCUT2D eigenvalue weighted by atomic mass is 9.76. The molecule has 8 aromatic rings. The Hall–Kier alpha value is -7.41. The summed E-state index contributed by atoms with van der Waals surface area (Å²) >= 11 is 0. The minimum absolute atomic E-state index is 0.0150. The summed E-state index contributed by atoms with van der Waals surface area (Å²) in [7, 11) is 1.71. The molecule has 73 heavy (non-hydrogen) atoms. The zero-order valence-corrected chi connectivity index (χ0v) is 42.1. The normalized spacial score (nSPS) is 23.7. The number of aryl methyl sites for hydroxylation is 3. The van der Waals surface area contributed by atoms with Crippen LogP contribution in [-0.4, -0.2) is 95.9 Å². The second-order valence-corrected chi connectivity index (χ2v) is 21.7. The number of aromatic amines is 1. The lowest BCUT2D eigenvalue weighted by molar-refractivity contribution is -0.133. The molecule has 0 radical (unpaired) electrons. The first-order valence-electron chi connectivity index (χ1n) is 25.1. The predicted octanol–water partition coefficient (Wildman–Crippen LogP) is 7.82. The van der Waals surface area contributed by atoms with Gasteiger partial charge >= 0.3 is 11.4 Å². The highest BCUT2D eigenvalue weighted by Crippen LogP contribution is 2.57. The highest BCUT2D eigenvalue weighted by atomic mass is 19.1. The molecule has 0 bridgehead atoms. The predicted molar refractivity (Wildman–Crippen MR) is 267 cm³/mol. The number of halogens is 2. The summed E-state index contributed by atoms with van der Waals surface area (Å²) in [6, 6.07) is 14.1. The van der Waals surface area contributed by atoms with Crippen molar-refractivity contribution >= 4 is 33.6 Å². The average molecular weight is 994 g/mol. The van der Waals surface area contributed by atoms with Gasteiger partial charge in [-0.25, -0.2) is 23.1 Å². The number of nitrogens with zero attached hydrogens (tertiary/aromatic N) is 10. The van der Waals surface area contributed by atoms with Crippen LogP contribution in [0.25, 0.3) is 39.0 Å². The minimum Gasteiger partial charge on any atom is -0.376 e. The van der Waals surface area contributed by atoms with Crippen molar-refractivity contribution in [3.63, 3.8) is 0 Å². The Labute approximate surface area is 417 Å². The van der Waals surface area contributed by atoms with Crippen molar-refractivity contribution in [1.29, 1.82) is 0 Å². The SMILES string of the molecule is CC(=O)N1CCCC2(Cc3nn(-c4cc(C)c(F)c(C)c4)c(-n4ccn(-c5ccc6c(cnn6C)c5F)c4=O)c3[C@H](C)N2C(=O)c2cc3cc([C@H]4CCOC(C)(C)C4)ccc3n2[C@@]2(c3noc(=O)[nH]3)C[C@@H]2C)C1. The number of fused-ring (bicyclic) bond motifs is 3. The monoisotopic (exact) mass is 993 g/mol. The van der Waals surface area contributed by atoms with Gasteiger partial charge in [0.2, 0.25) is 5.91 Å². The molecule has 19 heteroatoms. The van der Waals surface area contributed by atoms with E-state index in [1.165, 1.54) is 34.5 Å². The van der Waals surface area contributed by atoms with Crippen molar-refractivity contribution in [3.8, 4) is 17.2 Å². The van der Waals surface area contributed by atoms with E-state index in [0.29, 0.717) is 83.3 Å². The number of carbonyl (C=O) groups excluding carboxylic acids is 2. The maximum absolute atomic E-state index is 16.6. The highest BCUT2D eigenvalue weighted by molar-refractivity contribution is 6.00. The van der Waals surface area contributed by atoms with Crippen molar-refractivity contribution < 1.29 is 27.6 Å². The Balaban J connectivity index is 1.08. The Morgan fingerprint density at radius 3 is 2.37 bits per heavy atom. The number of likely N-dealkylation sites (tertiary alicyclic amines) is 1. The van der Waals surface area contributed by atoms with Crippen LogP contribution in [0.1, 0.15) is 123 Å². The quantitative estimate of drug-likeness (QED) is 0.167. The molecule has 8 heterocycles. The summed E-state index contributed by atoms with van der Waals surface area (Å²) in [6.07, 6.45) is 8.02. The molecular formula is C54H57F2N11O6. The van der Waals surface area contributed by atoms with Crippen molar-refractivity contribution in [2.45, 2.75) is 116 Å². The molecule has 1 saturated carbocycles. The van der Waals surface area contributed by atoms with Gasteiger partial charge in [0.05, 0.1) is 51.4 Å². The smallest absolute Gasteiger partial charge is 0.376 e. The first-order valence-corrected chi connectivity index (χ1v) is 25.1. The van der Waals surface area contributed by atoms with Gasteiger partial charge in [-0.05, 0) is 138 Å². The van der Waals surface area contributed by atoms with Gasteiger partial charge in [0.25, 0.3) is 5.91 Å². The molecule has 3 aliphatic heterocycles. The van der Waals surface area contributed by atoms with E-state index in [4.69, 9.17) is 14.4 Å². The Morgan fingerprint density at radius 2 is 1.67 bits per heavy atom. The van der Waals surface area contributed by atoms with Crippen LogP contribution in [0.3, 0.4) is 0 Å². The van der Waals surface area contributed by atoms with E-state index >= 15 is 18.4 Å². The number of H-pyrrole nitrogens is 1. The van der Waals surface area contributed by atoms with Gasteiger partial charge in [-0.2, -0.15) is 10.2 Å². The zero-order valence-electron chi connectivity index (χ0n) is 42.1. The number of imidazole rings is 1. The maximum atomic E-state index is 16.6. The number of piperidine rings is 1. The third-order valence-corrected chi connectivity index (χ3v) is 16.5. The molecule has 1 aliphatic carbocycles. The van der Waals surface area contributed by atoms with Crippen LogP contribution in [0.2, 0.25) is 0 Å².